The summed E-state index contributed by atoms with van der Waals surface area (Å²) in [4.78, 5) is 24.2. The van der Waals surface area contributed by atoms with Gasteiger partial charge in [0, 0.05) is 16.6 Å². The molecule has 0 N–H and O–H groups in total. The molecular weight excluding hydrogens is 270 g/mol. The van der Waals surface area contributed by atoms with Gasteiger partial charge in [0.2, 0.25) is 0 Å². The zero-order valence-corrected chi connectivity index (χ0v) is 10.3. The maximum Gasteiger partial charge on any atom is 0.254 e. The first-order valence-corrected chi connectivity index (χ1v) is 5.69. The molecule has 0 fully saturated rings. The Morgan fingerprint density at radius 3 is 2.38 bits per heavy atom. The number of imide groups is 1. The summed E-state index contributed by atoms with van der Waals surface area (Å²) < 4.78 is 0.934. The van der Waals surface area contributed by atoms with Crippen LogP contribution in [0.15, 0.2) is 40.9 Å². The van der Waals surface area contributed by atoms with Gasteiger partial charge in [0.15, 0.2) is 0 Å². The van der Waals surface area contributed by atoms with Gasteiger partial charge >= 0.3 is 0 Å². The van der Waals surface area contributed by atoms with Crippen LogP contribution in [0.4, 0.5) is 0 Å². The van der Waals surface area contributed by atoms with Crippen molar-refractivity contribution in [3.05, 3.63) is 46.5 Å². The van der Waals surface area contributed by atoms with Crippen LogP contribution in [0.25, 0.3) is 0 Å². The molecule has 82 valence electrons. The van der Waals surface area contributed by atoms with Crippen molar-refractivity contribution in [2.24, 2.45) is 0 Å². The Kier molecular flexibility index (Phi) is 2.92. The Morgan fingerprint density at radius 1 is 1.19 bits per heavy atom. The number of benzene rings is 1. The molecule has 2 amide bonds. The van der Waals surface area contributed by atoms with Gasteiger partial charge in [-0.2, -0.15) is 0 Å². The van der Waals surface area contributed by atoms with E-state index in [2.05, 4.69) is 15.9 Å². The van der Waals surface area contributed by atoms with Crippen LogP contribution in [-0.2, 0) is 9.59 Å². The van der Waals surface area contributed by atoms with Crippen LogP contribution >= 0.6 is 15.9 Å². The number of amides is 2. The number of carbonyl (C=O) groups is 2. The number of hydrogen-bond donors (Lipinski definition) is 0. The molecular formula is C12H10BrNO2. The van der Waals surface area contributed by atoms with Crippen LogP contribution < -0.4 is 0 Å². The first-order chi connectivity index (χ1) is 7.59. The molecule has 16 heavy (non-hydrogen) atoms. The Labute approximate surface area is 102 Å². The molecule has 1 aliphatic heterocycles. The highest BCUT2D eigenvalue weighted by Gasteiger charge is 2.29. The molecule has 0 saturated carbocycles. The molecule has 3 nitrogen and oxygen atoms in total. The van der Waals surface area contributed by atoms with E-state index in [4.69, 9.17) is 0 Å². The summed E-state index contributed by atoms with van der Waals surface area (Å²) >= 11 is 3.37. The number of carbonyl (C=O) groups excluding carboxylic acids is 2. The van der Waals surface area contributed by atoms with Crippen molar-refractivity contribution in [2.75, 3.05) is 0 Å². The van der Waals surface area contributed by atoms with Crippen LogP contribution in [0.1, 0.15) is 18.5 Å². The molecule has 0 aromatic heterocycles. The minimum Gasteiger partial charge on any atom is -0.269 e. The number of rotatable bonds is 2. The lowest BCUT2D eigenvalue weighted by Gasteiger charge is -2.22. The van der Waals surface area contributed by atoms with Gasteiger partial charge in [-0.1, -0.05) is 28.1 Å². The zero-order chi connectivity index (χ0) is 11.7. The van der Waals surface area contributed by atoms with Gasteiger partial charge in [-0.05, 0) is 24.6 Å². The zero-order valence-electron chi connectivity index (χ0n) is 8.68. The molecule has 0 aliphatic carbocycles. The minimum atomic E-state index is -0.252. The molecule has 4 heteroatoms. The second kappa shape index (κ2) is 4.22. The molecule has 0 radical (unpaired) electrons. The van der Waals surface area contributed by atoms with E-state index in [0.29, 0.717) is 0 Å². The second-order valence-electron chi connectivity index (χ2n) is 3.61. The van der Waals surface area contributed by atoms with Crippen molar-refractivity contribution < 1.29 is 9.59 Å². The molecule has 1 unspecified atom stereocenters. The molecule has 1 aromatic carbocycles. The molecule has 0 spiro atoms. The predicted octanol–water partition coefficient (Wildman–Crippen LogP) is 2.44. The Hall–Kier alpha value is -1.42. The minimum absolute atomic E-state index is 0.243. The van der Waals surface area contributed by atoms with Crippen molar-refractivity contribution in [3.63, 3.8) is 0 Å². The largest absolute Gasteiger partial charge is 0.269 e. The number of hydrogen-bond acceptors (Lipinski definition) is 2. The van der Waals surface area contributed by atoms with Crippen LogP contribution in [0, 0.1) is 0 Å². The molecule has 1 atom stereocenters. The Morgan fingerprint density at radius 2 is 1.81 bits per heavy atom. The van der Waals surface area contributed by atoms with Crippen molar-refractivity contribution in [2.45, 2.75) is 13.0 Å². The highest BCUT2D eigenvalue weighted by Crippen LogP contribution is 2.25. The van der Waals surface area contributed by atoms with Crippen molar-refractivity contribution in [1.29, 1.82) is 0 Å². The predicted molar refractivity (Wildman–Crippen MR) is 63.6 cm³/mol. The quantitative estimate of drug-likeness (QED) is 0.780. The summed E-state index contributed by atoms with van der Waals surface area (Å²) in [6, 6.07) is 7.35. The monoisotopic (exact) mass is 279 g/mol. The molecule has 2 rings (SSSR count). The van der Waals surface area contributed by atoms with Gasteiger partial charge in [-0.3, -0.25) is 14.5 Å². The van der Waals surface area contributed by atoms with Crippen LogP contribution in [0.2, 0.25) is 0 Å². The lowest BCUT2D eigenvalue weighted by molar-refractivity contribution is -0.139. The van der Waals surface area contributed by atoms with E-state index in [9.17, 15) is 9.59 Å². The average Bonchev–Trinajstić information content (AvgIpc) is 2.58. The van der Waals surface area contributed by atoms with E-state index in [1.807, 2.05) is 31.2 Å². The van der Waals surface area contributed by atoms with E-state index in [1.54, 1.807) is 0 Å². The average molecular weight is 280 g/mol. The summed E-state index contributed by atoms with van der Waals surface area (Å²) in [5, 5.41) is 0. The van der Waals surface area contributed by atoms with E-state index < -0.39 is 0 Å². The first-order valence-electron chi connectivity index (χ1n) is 4.90. The van der Waals surface area contributed by atoms with E-state index >= 15 is 0 Å². The van der Waals surface area contributed by atoms with Crippen LogP contribution in [0.3, 0.4) is 0 Å². The van der Waals surface area contributed by atoms with E-state index in [-0.39, 0.29) is 17.9 Å². The highest BCUT2D eigenvalue weighted by molar-refractivity contribution is 9.10. The van der Waals surface area contributed by atoms with Gasteiger partial charge in [0.25, 0.3) is 11.8 Å². The maximum atomic E-state index is 11.5. The molecule has 1 heterocycles. The Balaban J connectivity index is 2.29. The summed E-state index contributed by atoms with van der Waals surface area (Å²) in [5.41, 5.74) is 0.930. The van der Waals surface area contributed by atoms with Crippen LogP contribution in [-0.4, -0.2) is 16.7 Å². The fraction of sp³-hybridized carbons (Fsp3) is 0.167. The lowest BCUT2D eigenvalue weighted by Crippen LogP contribution is -2.32. The van der Waals surface area contributed by atoms with Gasteiger partial charge in [0.05, 0.1) is 6.04 Å². The van der Waals surface area contributed by atoms with Gasteiger partial charge in [0.1, 0.15) is 0 Å². The summed E-state index contributed by atoms with van der Waals surface area (Å²) in [5.74, 6) is -0.505. The third kappa shape index (κ3) is 1.93. The smallest absolute Gasteiger partial charge is 0.254 e. The van der Waals surface area contributed by atoms with Crippen LogP contribution in [0.5, 0.6) is 0 Å². The first kappa shape index (κ1) is 11.1. The normalized spacial score (nSPS) is 17.0. The van der Waals surface area contributed by atoms with Crippen molar-refractivity contribution in [1.82, 2.24) is 4.90 Å². The summed E-state index contributed by atoms with van der Waals surface area (Å²) in [6.07, 6.45) is 2.60. The van der Waals surface area contributed by atoms with Gasteiger partial charge in [-0.15, -0.1) is 0 Å². The van der Waals surface area contributed by atoms with E-state index in [0.717, 1.165) is 10.0 Å². The molecule has 0 bridgehead atoms. The van der Waals surface area contributed by atoms with Crippen molar-refractivity contribution >= 4 is 27.7 Å². The van der Waals surface area contributed by atoms with Gasteiger partial charge in [-0.25, -0.2) is 0 Å². The Bertz CT molecular complexity index is 464. The van der Waals surface area contributed by atoms with Gasteiger partial charge < -0.3 is 0 Å². The topological polar surface area (TPSA) is 37.4 Å². The maximum absolute atomic E-state index is 11.5. The third-order valence-electron chi connectivity index (χ3n) is 2.56. The summed E-state index contributed by atoms with van der Waals surface area (Å²) in [6.45, 7) is 1.84. The SMILES string of the molecule is CC(c1cccc(Br)c1)N1C(=O)C=CC1=O. The summed E-state index contributed by atoms with van der Waals surface area (Å²) in [7, 11) is 0. The second-order valence-corrected chi connectivity index (χ2v) is 4.53. The fourth-order valence-corrected chi connectivity index (χ4v) is 2.13. The highest BCUT2D eigenvalue weighted by atomic mass is 79.9. The number of nitrogens with zero attached hydrogens (tertiary/aromatic N) is 1. The molecule has 1 aliphatic rings. The molecule has 0 saturated heterocycles. The third-order valence-corrected chi connectivity index (χ3v) is 3.05. The van der Waals surface area contributed by atoms with E-state index in [1.165, 1.54) is 17.1 Å². The standard InChI is InChI=1S/C12H10BrNO2/c1-8(9-3-2-4-10(13)7-9)14-11(15)5-6-12(14)16/h2-8H,1H3. The fourth-order valence-electron chi connectivity index (χ4n) is 1.71. The van der Waals surface area contributed by atoms with Crippen molar-refractivity contribution in [3.8, 4) is 0 Å². The number of halogens is 1. The molecule has 1 aromatic rings. The lowest BCUT2D eigenvalue weighted by atomic mass is 10.1.